The van der Waals surface area contributed by atoms with Crippen LogP contribution in [0.3, 0.4) is 0 Å². The number of ether oxygens (including phenoxy) is 1. The Kier molecular flexibility index (Phi) is 7.84. The molecule has 178 valence electrons. The third-order valence-corrected chi connectivity index (χ3v) is 6.29. The SMILES string of the molecule is O=C(COc1ccc2c(-c3ccccc3)cc(=O)oc2c1)N[C@@H](CSCc1ccccc1)C(=O)[O-]. The molecular weight excluding hydrogens is 466 g/mol. The van der Waals surface area contributed by atoms with Crippen LogP contribution in [-0.4, -0.2) is 30.3 Å². The third-order valence-electron chi connectivity index (χ3n) is 5.19. The molecule has 0 bridgehead atoms. The lowest BCUT2D eigenvalue weighted by molar-refractivity contribution is -0.307. The zero-order chi connectivity index (χ0) is 24.6. The topological polar surface area (TPSA) is 109 Å². The number of carbonyl (C=O) groups is 2. The van der Waals surface area contributed by atoms with Crippen molar-refractivity contribution < 1.29 is 23.8 Å². The van der Waals surface area contributed by atoms with Crippen LogP contribution in [0.4, 0.5) is 0 Å². The van der Waals surface area contributed by atoms with E-state index in [2.05, 4.69) is 5.32 Å². The van der Waals surface area contributed by atoms with Gasteiger partial charge in [-0.1, -0.05) is 60.7 Å². The molecule has 0 saturated heterocycles. The van der Waals surface area contributed by atoms with Crippen LogP contribution >= 0.6 is 11.8 Å². The zero-order valence-electron chi connectivity index (χ0n) is 18.6. The maximum atomic E-state index is 12.3. The average molecular weight is 489 g/mol. The molecule has 0 aliphatic rings. The third kappa shape index (κ3) is 6.51. The smallest absolute Gasteiger partial charge is 0.336 e. The second-order valence-electron chi connectivity index (χ2n) is 7.73. The standard InChI is InChI=1S/C27H23NO6S/c29-25(28-23(27(31)32)17-35-16-18-7-3-1-4-8-18)15-33-20-11-12-21-22(19-9-5-2-6-10-19)14-26(30)34-24(21)13-20/h1-14,23H,15-17H2,(H,28,29)(H,31,32)/p-1/t23-/m0/s1. The van der Waals surface area contributed by atoms with Crippen molar-refractivity contribution >= 4 is 34.6 Å². The lowest BCUT2D eigenvalue weighted by Crippen LogP contribution is -2.50. The molecule has 3 aromatic carbocycles. The Morgan fingerprint density at radius 3 is 2.40 bits per heavy atom. The lowest BCUT2D eigenvalue weighted by atomic mass is 10.0. The minimum Gasteiger partial charge on any atom is -0.548 e. The molecule has 0 aliphatic heterocycles. The summed E-state index contributed by atoms with van der Waals surface area (Å²) < 4.78 is 10.8. The predicted octanol–water partition coefficient (Wildman–Crippen LogP) is 3.01. The first-order valence-corrected chi connectivity index (χ1v) is 12.0. The minimum atomic E-state index is -1.36. The lowest BCUT2D eigenvalue weighted by Gasteiger charge is -2.19. The van der Waals surface area contributed by atoms with Crippen LogP contribution in [0.15, 0.2) is 94.1 Å². The molecule has 0 radical (unpaired) electrons. The highest BCUT2D eigenvalue weighted by Gasteiger charge is 2.15. The summed E-state index contributed by atoms with van der Waals surface area (Å²) in [5, 5.41) is 14.6. The number of fused-ring (bicyclic) bond motifs is 1. The fourth-order valence-corrected chi connectivity index (χ4v) is 4.51. The van der Waals surface area contributed by atoms with E-state index < -0.39 is 30.2 Å². The maximum absolute atomic E-state index is 12.3. The minimum absolute atomic E-state index is 0.159. The fourth-order valence-electron chi connectivity index (χ4n) is 3.51. The van der Waals surface area contributed by atoms with Gasteiger partial charge in [-0.05, 0) is 28.8 Å². The Hall–Kier alpha value is -4.04. The van der Waals surface area contributed by atoms with Gasteiger partial charge in [-0.3, -0.25) is 4.79 Å². The summed E-state index contributed by atoms with van der Waals surface area (Å²) in [5.41, 5.74) is 2.47. The van der Waals surface area contributed by atoms with Gasteiger partial charge in [0.05, 0.1) is 12.0 Å². The number of benzene rings is 3. The summed E-state index contributed by atoms with van der Waals surface area (Å²) in [5.74, 6) is -0.875. The van der Waals surface area contributed by atoms with Crippen molar-refractivity contribution in [1.82, 2.24) is 5.32 Å². The molecule has 1 heterocycles. The van der Waals surface area contributed by atoms with Crippen LogP contribution in [0, 0.1) is 0 Å². The van der Waals surface area contributed by atoms with Gasteiger partial charge >= 0.3 is 5.63 Å². The van der Waals surface area contributed by atoms with Crippen LogP contribution < -0.4 is 20.8 Å². The molecule has 0 unspecified atom stereocenters. The molecule has 1 amide bonds. The fraction of sp³-hybridized carbons (Fsp3) is 0.148. The average Bonchev–Trinajstić information content (AvgIpc) is 2.87. The van der Waals surface area contributed by atoms with E-state index >= 15 is 0 Å². The van der Waals surface area contributed by atoms with Gasteiger partial charge in [0.25, 0.3) is 5.91 Å². The summed E-state index contributed by atoms with van der Waals surface area (Å²) in [6, 6.07) is 24.3. The Morgan fingerprint density at radius 1 is 0.971 bits per heavy atom. The first kappa shape index (κ1) is 24.1. The number of carbonyl (C=O) groups excluding carboxylic acids is 2. The second-order valence-corrected chi connectivity index (χ2v) is 8.76. The molecule has 8 heteroatoms. The predicted molar refractivity (Wildman–Crippen MR) is 133 cm³/mol. The number of hydrogen-bond donors (Lipinski definition) is 1. The van der Waals surface area contributed by atoms with Crippen LogP contribution in [0.1, 0.15) is 5.56 Å². The van der Waals surface area contributed by atoms with Gasteiger partial charge in [0.1, 0.15) is 11.3 Å². The monoisotopic (exact) mass is 488 g/mol. The molecular formula is C27H22NO6S-. The number of rotatable bonds is 10. The van der Waals surface area contributed by atoms with Gasteiger partial charge < -0.3 is 24.4 Å². The highest BCUT2D eigenvalue weighted by Crippen LogP contribution is 2.29. The number of carboxylic acid groups (broad SMARTS) is 1. The van der Waals surface area contributed by atoms with Crippen molar-refractivity contribution in [3.05, 3.63) is 101 Å². The molecule has 1 N–H and O–H groups in total. The maximum Gasteiger partial charge on any atom is 0.336 e. The molecule has 4 aromatic rings. The van der Waals surface area contributed by atoms with Crippen molar-refractivity contribution in [2.75, 3.05) is 12.4 Å². The van der Waals surface area contributed by atoms with Crippen LogP contribution in [0.5, 0.6) is 5.75 Å². The quantitative estimate of drug-likeness (QED) is 0.342. The normalized spacial score (nSPS) is 11.7. The van der Waals surface area contributed by atoms with Crippen molar-refractivity contribution in [3.8, 4) is 16.9 Å². The number of nitrogens with one attached hydrogen (secondary N) is 1. The molecule has 0 spiro atoms. The van der Waals surface area contributed by atoms with Crippen molar-refractivity contribution in [2.45, 2.75) is 11.8 Å². The Bertz CT molecular complexity index is 1370. The van der Waals surface area contributed by atoms with E-state index in [0.717, 1.165) is 22.1 Å². The van der Waals surface area contributed by atoms with Crippen molar-refractivity contribution in [2.24, 2.45) is 0 Å². The van der Waals surface area contributed by atoms with E-state index in [1.165, 1.54) is 23.9 Å². The summed E-state index contributed by atoms with van der Waals surface area (Å²) in [6.07, 6.45) is 0. The Balaban J connectivity index is 1.37. The van der Waals surface area contributed by atoms with Crippen LogP contribution in [-0.2, 0) is 15.3 Å². The Labute approximate surface area is 205 Å². The van der Waals surface area contributed by atoms with Gasteiger partial charge in [0, 0.05) is 29.0 Å². The van der Waals surface area contributed by atoms with Gasteiger partial charge in [0.2, 0.25) is 0 Å². The second kappa shape index (κ2) is 11.4. The van der Waals surface area contributed by atoms with Gasteiger partial charge in [-0.25, -0.2) is 4.79 Å². The number of aliphatic carboxylic acids is 1. The molecule has 4 rings (SSSR count). The van der Waals surface area contributed by atoms with E-state index in [0.29, 0.717) is 17.1 Å². The van der Waals surface area contributed by atoms with Crippen LogP contribution in [0.2, 0.25) is 0 Å². The Morgan fingerprint density at radius 2 is 1.69 bits per heavy atom. The van der Waals surface area contributed by atoms with E-state index in [9.17, 15) is 19.5 Å². The van der Waals surface area contributed by atoms with E-state index in [4.69, 9.17) is 9.15 Å². The highest BCUT2D eigenvalue weighted by atomic mass is 32.2. The summed E-state index contributed by atoms with van der Waals surface area (Å²) in [7, 11) is 0. The summed E-state index contributed by atoms with van der Waals surface area (Å²) in [6.45, 7) is -0.402. The first-order valence-electron chi connectivity index (χ1n) is 10.9. The number of hydrogen-bond acceptors (Lipinski definition) is 7. The number of thioether (sulfide) groups is 1. The molecule has 0 saturated carbocycles. The van der Waals surface area contributed by atoms with Crippen molar-refractivity contribution in [3.63, 3.8) is 0 Å². The summed E-state index contributed by atoms with van der Waals surface area (Å²) >= 11 is 1.38. The highest BCUT2D eigenvalue weighted by molar-refractivity contribution is 7.98. The largest absolute Gasteiger partial charge is 0.548 e. The molecule has 35 heavy (non-hydrogen) atoms. The molecule has 7 nitrogen and oxygen atoms in total. The van der Waals surface area contributed by atoms with Gasteiger partial charge in [0.15, 0.2) is 6.61 Å². The summed E-state index contributed by atoms with van der Waals surface area (Å²) in [4.78, 5) is 35.8. The molecule has 1 aromatic heterocycles. The van der Waals surface area contributed by atoms with Gasteiger partial charge in [-0.15, -0.1) is 0 Å². The number of amides is 1. The van der Waals surface area contributed by atoms with E-state index in [1.54, 1.807) is 12.1 Å². The molecule has 0 fully saturated rings. The van der Waals surface area contributed by atoms with Crippen LogP contribution in [0.25, 0.3) is 22.1 Å². The molecule has 0 aliphatic carbocycles. The van der Waals surface area contributed by atoms with Gasteiger partial charge in [-0.2, -0.15) is 11.8 Å². The van der Waals surface area contributed by atoms with Crippen molar-refractivity contribution in [1.29, 1.82) is 0 Å². The first-order chi connectivity index (χ1) is 17.0. The number of carboxylic acids is 1. The zero-order valence-corrected chi connectivity index (χ0v) is 19.5. The van der Waals surface area contributed by atoms with E-state index in [1.807, 2.05) is 60.7 Å². The molecule has 1 atom stereocenters. The van der Waals surface area contributed by atoms with E-state index in [-0.39, 0.29) is 5.75 Å².